The topological polar surface area (TPSA) is 17.8 Å². The van der Waals surface area contributed by atoms with Crippen molar-refractivity contribution in [3.63, 3.8) is 0 Å². The first-order valence-electron chi connectivity index (χ1n) is 2.14. The summed E-state index contributed by atoms with van der Waals surface area (Å²) in [6.07, 6.45) is 5.18. The molecule has 0 radical (unpaired) electrons. The second-order valence-electron chi connectivity index (χ2n) is 1.33. The number of aromatic nitrogens is 2. The van der Waals surface area contributed by atoms with E-state index in [0.717, 1.165) is 4.60 Å². The van der Waals surface area contributed by atoms with Gasteiger partial charge in [0.1, 0.15) is 10.9 Å². The molecule has 0 unspecified atom stereocenters. The third kappa shape index (κ3) is 0.980. The van der Waals surface area contributed by atoms with Crippen molar-refractivity contribution < 1.29 is 0 Å². The molecule has 2 nitrogen and oxygen atoms in total. The van der Waals surface area contributed by atoms with Crippen LogP contribution in [0.2, 0.25) is 0 Å². The van der Waals surface area contributed by atoms with Crippen molar-refractivity contribution in [2.75, 3.05) is 0 Å². The minimum absolute atomic E-state index is 0.831. The van der Waals surface area contributed by atoms with Gasteiger partial charge in [0.2, 0.25) is 0 Å². The molecule has 0 N–H and O–H groups in total. The van der Waals surface area contributed by atoms with Gasteiger partial charge in [-0.15, -0.1) is 0 Å². The molecular weight excluding hydrogens is 168 g/mol. The van der Waals surface area contributed by atoms with Crippen LogP contribution < -0.4 is 0 Å². The highest BCUT2D eigenvalue weighted by Gasteiger charge is 1.86. The summed E-state index contributed by atoms with van der Waals surface area (Å²) >= 11 is 3.19. The number of halogens is 1. The Morgan fingerprint density at radius 3 is 2.88 bits per heavy atom. The van der Waals surface area contributed by atoms with Gasteiger partial charge in [-0.1, -0.05) is 6.58 Å². The number of nitrogens with zero attached hydrogens (tertiary/aromatic N) is 2. The van der Waals surface area contributed by atoms with Gasteiger partial charge in [-0.25, -0.2) is 4.98 Å². The first-order valence-corrected chi connectivity index (χ1v) is 2.94. The van der Waals surface area contributed by atoms with Gasteiger partial charge in [-0.05, 0) is 15.9 Å². The Morgan fingerprint density at radius 1 is 1.88 bits per heavy atom. The average molecular weight is 173 g/mol. The SMILES string of the molecule is C=Cn1cnc(Br)c1. The molecular formula is C5H5BrN2. The van der Waals surface area contributed by atoms with Crippen LogP contribution in [0.5, 0.6) is 0 Å². The van der Waals surface area contributed by atoms with Gasteiger partial charge < -0.3 is 4.57 Å². The second kappa shape index (κ2) is 2.13. The molecule has 0 bridgehead atoms. The molecule has 0 amide bonds. The zero-order valence-electron chi connectivity index (χ0n) is 4.21. The van der Waals surface area contributed by atoms with E-state index >= 15 is 0 Å². The lowest BCUT2D eigenvalue weighted by Gasteiger charge is -1.81. The van der Waals surface area contributed by atoms with Crippen molar-refractivity contribution in [2.24, 2.45) is 0 Å². The van der Waals surface area contributed by atoms with Crippen LogP contribution in [0, 0.1) is 0 Å². The summed E-state index contributed by atoms with van der Waals surface area (Å²) in [5, 5.41) is 0. The molecule has 0 saturated heterocycles. The second-order valence-corrected chi connectivity index (χ2v) is 2.14. The minimum Gasteiger partial charge on any atom is -0.313 e. The fourth-order valence-electron chi connectivity index (χ4n) is 0.411. The fraction of sp³-hybridized carbons (Fsp3) is 0. The zero-order chi connectivity index (χ0) is 5.98. The summed E-state index contributed by atoms with van der Waals surface area (Å²) < 4.78 is 2.60. The molecule has 1 rings (SSSR count). The van der Waals surface area contributed by atoms with Crippen molar-refractivity contribution in [1.29, 1.82) is 0 Å². The first-order chi connectivity index (χ1) is 3.83. The summed E-state index contributed by atoms with van der Waals surface area (Å²) in [6.45, 7) is 3.55. The molecule has 3 heteroatoms. The molecule has 0 fully saturated rings. The lowest BCUT2D eigenvalue weighted by molar-refractivity contribution is 1.14. The fourth-order valence-corrected chi connectivity index (χ4v) is 0.739. The van der Waals surface area contributed by atoms with E-state index < -0.39 is 0 Å². The van der Waals surface area contributed by atoms with Crippen molar-refractivity contribution in [3.05, 3.63) is 23.7 Å². The van der Waals surface area contributed by atoms with Crippen LogP contribution in [-0.4, -0.2) is 9.55 Å². The molecule has 0 aromatic carbocycles. The molecule has 0 saturated carbocycles. The summed E-state index contributed by atoms with van der Waals surface area (Å²) in [5.41, 5.74) is 0. The Bertz CT molecular complexity index is 192. The Kier molecular flexibility index (Phi) is 1.48. The van der Waals surface area contributed by atoms with Crippen LogP contribution in [0.25, 0.3) is 6.20 Å². The highest BCUT2D eigenvalue weighted by Crippen LogP contribution is 2.03. The summed E-state index contributed by atoms with van der Waals surface area (Å²) in [5.74, 6) is 0. The minimum atomic E-state index is 0.831. The van der Waals surface area contributed by atoms with E-state index in [9.17, 15) is 0 Å². The van der Waals surface area contributed by atoms with Crippen molar-refractivity contribution in [1.82, 2.24) is 9.55 Å². The third-order valence-corrected chi connectivity index (χ3v) is 1.19. The summed E-state index contributed by atoms with van der Waals surface area (Å²) in [6, 6.07) is 0. The molecule has 0 spiro atoms. The standard InChI is InChI=1S/C5H5BrN2/c1-2-8-3-5(6)7-4-8/h2-4H,1H2. The molecule has 8 heavy (non-hydrogen) atoms. The summed E-state index contributed by atoms with van der Waals surface area (Å²) in [4.78, 5) is 3.90. The monoisotopic (exact) mass is 172 g/mol. The highest BCUT2D eigenvalue weighted by atomic mass is 79.9. The van der Waals surface area contributed by atoms with Gasteiger partial charge in [0.05, 0.1) is 0 Å². The lowest BCUT2D eigenvalue weighted by atomic mass is 10.9. The molecule has 0 atom stereocenters. The van der Waals surface area contributed by atoms with E-state index in [0.29, 0.717) is 0 Å². The molecule has 0 aliphatic rings. The van der Waals surface area contributed by atoms with E-state index in [2.05, 4.69) is 27.5 Å². The van der Waals surface area contributed by atoms with Crippen LogP contribution in [0.4, 0.5) is 0 Å². The van der Waals surface area contributed by atoms with E-state index in [1.807, 2.05) is 6.20 Å². The summed E-state index contributed by atoms with van der Waals surface area (Å²) in [7, 11) is 0. The van der Waals surface area contributed by atoms with Gasteiger partial charge in [-0.3, -0.25) is 0 Å². The molecule has 0 aliphatic carbocycles. The molecule has 0 aliphatic heterocycles. The van der Waals surface area contributed by atoms with Crippen LogP contribution in [0.1, 0.15) is 0 Å². The van der Waals surface area contributed by atoms with Crippen LogP contribution >= 0.6 is 15.9 Å². The van der Waals surface area contributed by atoms with Gasteiger partial charge >= 0.3 is 0 Å². The first kappa shape index (κ1) is 5.56. The Labute approximate surface area is 56.0 Å². The van der Waals surface area contributed by atoms with Crippen LogP contribution in [0.3, 0.4) is 0 Å². The number of rotatable bonds is 1. The number of hydrogen-bond acceptors (Lipinski definition) is 1. The normalized spacial score (nSPS) is 9.12. The van der Waals surface area contributed by atoms with Gasteiger partial charge in [0, 0.05) is 12.4 Å². The quantitative estimate of drug-likeness (QED) is 0.632. The number of hydrogen-bond donors (Lipinski definition) is 0. The highest BCUT2D eigenvalue weighted by molar-refractivity contribution is 9.10. The number of imidazole rings is 1. The van der Waals surface area contributed by atoms with E-state index in [1.54, 1.807) is 17.1 Å². The van der Waals surface area contributed by atoms with E-state index in [-0.39, 0.29) is 0 Å². The third-order valence-electron chi connectivity index (χ3n) is 0.781. The van der Waals surface area contributed by atoms with Crippen molar-refractivity contribution in [2.45, 2.75) is 0 Å². The maximum Gasteiger partial charge on any atom is 0.124 e. The smallest absolute Gasteiger partial charge is 0.124 e. The van der Waals surface area contributed by atoms with Crippen LogP contribution in [0.15, 0.2) is 23.7 Å². The van der Waals surface area contributed by atoms with Crippen molar-refractivity contribution in [3.8, 4) is 0 Å². The zero-order valence-corrected chi connectivity index (χ0v) is 5.80. The maximum absolute atomic E-state index is 3.90. The van der Waals surface area contributed by atoms with Crippen LogP contribution in [-0.2, 0) is 0 Å². The van der Waals surface area contributed by atoms with E-state index in [4.69, 9.17) is 0 Å². The Hall–Kier alpha value is -0.570. The van der Waals surface area contributed by atoms with E-state index in [1.165, 1.54) is 0 Å². The lowest BCUT2D eigenvalue weighted by Crippen LogP contribution is -1.73. The molecule has 1 aromatic heterocycles. The largest absolute Gasteiger partial charge is 0.313 e. The van der Waals surface area contributed by atoms with Crippen molar-refractivity contribution >= 4 is 22.1 Å². The predicted octanol–water partition coefficient (Wildman–Crippen LogP) is 1.75. The Morgan fingerprint density at radius 2 is 2.62 bits per heavy atom. The molecule has 42 valence electrons. The molecule has 1 aromatic rings. The van der Waals surface area contributed by atoms with Gasteiger partial charge in [-0.2, -0.15) is 0 Å². The average Bonchev–Trinajstić information content (AvgIpc) is 2.14. The predicted molar refractivity (Wildman–Crippen MR) is 36.3 cm³/mol. The van der Waals surface area contributed by atoms with Gasteiger partial charge in [0.25, 0.3) is 0 Å². The molecule has 1 heterocycles. The maximum atomic E-state index is 3.90. The van der Waals surface area contributed by atoms with Gasteiger partial charge in [0.15, 0.2) is 0 Å². The Balaban J connectivity index is 3.00.